The zero-order chi connectivity index (χ0) is 12.1. The fourth-order valence-corrected chi connectivity index (χ4v) is 3.59. The second-order valence-electron chi connectivity index (χ2n) is 4.81. The molecule has 1 fully saturated rings. The Kier molecular flexibility index (Phi) is 5.01. The molecule has 3 heteroatoms. The van der Waals surface area contributed by atoms with Crippen molar-refractivity contribution in [1.29, 1.82) is 0 Å². The molecule has 1 saturated carbocycles. The lowest BCUT2D eigenvalue weighted by Gasteiger charge is -2.34. The van der Waals surface area contributed by atoms with E-state index < -0.39 is 0 Å². The van der Waals surface area contributed by atoms with Crippen LogP contribution in [0.2, 0.25) is 0 Å². The van der Waals surface area contributed by atoms with Crippen molar-refractivity contribution in [1.82, 2.24) is 5.32 Å². The van der Waals surface area contributed by atoms with E-state index in [1.54, 1.807) is 0 Å². The number of methoxy groups -OCH3 is 1. The first-order valence-electron chi connectivity index (χ1n) is 6.67. The standard InChI is InChI=1S/C14H23NOS/c1-3-11(14-9-6-10-17-14)15-12-7-4-5-8-13(12)16-2/h6,9-13,15H,3-5,7-8H2,1-2H3. The summed E-state index contributed by atoms with van der Waals surface area (Å²) in [5, 5.41) is 5.96. The smallest absolute Gasteiger partial charge is 0.0724 e. The van der Waals surface area contributed by atoms with Crippen molar-refractivity contribution in [2.75, 3.05) is 7.11 Å². The number of hydrogen-bond acceptors (Lipinski definition) is 3. The first-order valence-corrected chi connectivity index (χ1v) is 7.55. The molecule has 0 bridgehead atoms. The van der Waals surface area contributed by atoms with Crippen LogP contribution in [-0.2, 0) is 4.74 Å². The van der Waals surface area contributed by atoms with Crippen molar-refractivity contribution >= 4 is 11.3 Å². The Labute approximate surface area is 108 Å². The molecule has 1 aliphatic carbocycles. The highest BCUT2D eigenvalue weighted by Gasteiger charge is 2.27. The monoisotopic (exact) mass is 253 g/mol. The van der Waals surface area contributed by atoms with E-state index in [9.17, 15) is 0 Å². The molecule has 1 N–H and O–H groups in total. The Hall–Kier alpha value is -0.380. The van der Waals surface area contributed by atoms with E-state index in [0.717, 1.165) is 6.42 Å². The van der Waals surface area contributed by atoms with Gasteiger partial charge in [0.2, 0.25) is 0 Å². The lowest BCUT2D eigenvalue weighted by Crippen LogP contribution is -2.44. The van der Waals surface area contributed by atoms with Gasteiger partial charge in [0.1, 0.15) is 0 Å². The predicted octanol–water partition coefficient (Wildman–Crippen LogP) is 3.75. The van der Waals surface area contributed by atoms with E-state index in [1.807, 2.05) is 18.4 Å². The molecule has 0 radical (unpaired) electrons. The maximum atomic E-state index is 5.61. The molecule has 1 heterocycles. The van der Waals surface area contributed by atoms with Crippen LogP contribution in [0, 0.1) is 0 Å². The van der Waals surface area contributed by atoms with Gasteiger partial charge in [-0.1, -0.05) is 25.8 Å². The summed E-state index contributed by atoms with van der Waals surface area (Å²) in [4.78, 5) is 1.45. The van der Waals surface area contributed by atoms with Gasteiger partial charge >= 0.3 is 0 Å². The molecular formula is C14H23NOS. The van der Waals surface area contributed by atoms with Gasteiger partial charge in [0.25, 0.3) is 0 Å². The van der Waals surface area contributed by atoms with Crippen molar-refractivity contribution < 1.29 is 4.74 Å². The molecule has 0 aliphatic heterocycles. The zero-order valence-corrected chi connectivity index (χ0v) is 11.6. The summed E-state index contributed by atoms with van der Waals surface area (Å²) in [6.07, 6.45) is 6.64. The SMILES string of the molecule is CCC(NC1CCCCC1OC)c1cccs1. The van der Waals surface area contributed by atoms with E-state index in [4.69, 9.17) is 4.74 Å². The topological polar surface area (TPSA) is 21.3 Å². The molecule has 2 nitrogen and oxygen atoms in total. The quantitative estimate of drug-likeness (QED) is 0.863. The van der Waals surface area contributed by atoms with Crippen LogP contribution < -0.4 is 5.32 Å². The molecule has 96 valence electrons. The summed E-state index contributed by atoms with van der Waals surface area (Å²) in [6, 6.07) is 5.40. The van der Waals surface area contributed by atoms with Crippen molar-refractivity contribution in [3.05, 3.63) is 22.4 Å². The Morgan fingerprint density at radius 2 is 2.29 bits per heavy atom. The average molecular weight is 253 g/mol. The Morgan fingerprint density at radius 1 is 1.47 bits per heavy atom. The maximum absolute atomic E-state index is 5.61. The summed E-state index contributed by atoms with van der Waals surface area (Å²) in [5.41, 5.74) is 0. The molecular weight excluding hydrogens is 230 g/mol. The van der Waals surface area contributed by atoms with Crippen LogP contribution in [0.15, 0.2) is 17.5 Å². The molecule has 0 aromatic carbocycles. The average Bonchev–Trinajstić information content (AvgIpc) is 2.90. The van der Waals surface area contributed by atoms with Gasteiger partial charge in [-0.3, -0.25) is 0 Å². The van der Waals surface area contributed by atoms with E-state index in [-0.39, 0.29) is 0 Å². The van der Waals surface area contributed by atoms with Crippen LogP contribution in [0.4, 0.5) is 0 Å². The van der Waals surface area contributed by atoms with E-state index in [1.165, 1.54) is 30.6 Å². The molecule has 0 saturated heterocycles. The molecule has 1 aromatic rings. The molecule has 0 amide bonds. The van der Waals surface area contributed by atoms with Crippen LogP contribution in [-0.4, -0.2) is 19.3 Å². The van der Waals surface area contributed by atoms with Gasteiger partial charge in [0.15, 0.2) is 0 Å². The van der Waals surface area contributed by atoms with Crippen molar-refractivity contribution in [2.45, 2.75) is 57.2 Å². The predicted molar refractivity (Wildman–Crippen MR) is 73.5 cm³/mol. The minimum atomic E-state index is 0.401. The van der Waals surface area contributed by atoms with Crippen LogP contribution in [0.5, 0.6) is 0 Å². The minimum absolute atomic E-state index is 0.401. The number of thiophene rings is 1. The normalized spacial score (nSPS) is 26.9. The highest BCUT2D eigenvalue weighted by molar-refractivity contribution is 7.10. The summed E-state index contributed by atoms with van der Waals surface area (Å²) in [6.45, 7) is 2.25. The van der Waals surface area contributed by atoms with Crippen LogP contribution >= 0.6 is 11.3 Å². The van der Waals surface area contributed by atoms with Gasteiger partial charge in [-0.25, -0.2) is 0 Å². The highest BCUT2D eigenvalue weighted by atomic mass is 32.1. The molecule has 2 rings (SSSR count). The second-order valence-corrected chi connectivity index (χ2v) is 5.79. The largest absolute Gasteiger partial charge is 0.380 e. The van der Waals surface area contributed by atoms with Crippen molar-refractivity contribution in [3.8, 4) is 0 Å². The summed E-state index contributed by atoms with van der Waals surface area (Å²) >= 11 is 1.85. The van der Waals surface area contributed by atoms with Crippen LogP contribution in [0.3, 0.4) is 0 Å². The first kappa shape index (κ1) is 13.1. The summed E-state index contributed by atoms with van der Waals surface area (Å²) in [7, 11) is 1.84. The van der Waals surface area contributed by atoms with Crippen LogP contribution in [0.25, 0.3) is 0 Å². The van der Waals surface area contributed by atoms with E-state index in [2.05, 4.69) is 29.8 Å². The summed E-state index contributed by atoms with van der Waals surface area (Å²) in [5.74, 6) is 0. The van der Waals surface area contributed by atoms with Crippen LogP contribution in [0.1, 0.15) is 49.9 Å². The highest BCUT2D eigenvalue weighted by Crippen LogP contribution is 2.27. The fraction of sp³-hybridized carbons (Fsp3) is 0.714. The first-order chi connectivity index (χ1) is 8.35. The molecule has 1 aromatic heterocycles. The van der Waals surface area contributed by atoms with Gasteiger partial charge in [0.05, 0.1) is 6.10 Å². The summed E-state index contributed by atoms with van der Waals surface area (Å²) < 4.78 is 5.61. The molecule has 17 heavy (non-hydrogen) atoms. The zero-order valence-electron chi connectivity index (χ0n) is 10.8. The number of nitrogens with one attached hydrogen (secondary N) is 1. The van der Waals surface area contributed by atoms with Gasteiger partial charge in [-0.05, 0) is 30.7 Å². The lowest BCUT2D eigenvalue weighted by molar-refractivity contribution is 0.0376. The van der Waals surface area contributed by atoms with Crippen molar-refractivity contribution in [2.24, 2.45) is 0 Å². The molecule has 0 spiro atoms. The third kappa shape index (κ3) is 3.30. The molecule has 1 aliphatic rings. The number of ether oxygens (including phenoxy) is 1. The molecule has 3 atom stereocenters. The van der Waals surface area contributed by atoms with Crippen molar-refractivity contribution in [3.63, 3.8) is 0 Å². The Balaban J connectivity index is 1.97. The van der Waals surface area contributed by atoms with Gasteiger partial charge in [0, 0.05) is 24.1 Å². The maximum Gasteiger partial charge on any atom is 0.0724 e. The number of rotatable bonds is 5. The van der Waals surface area contributed by atoms with E-state index in [0.29, 0.717) is 18.2 Å². The van der Waals surface area contributed by atoms with Gasteiger partial charge in [-0.2, -0.15) is 0 Å². The fourth-order valence-electron chi connectivity index (χ4n) is 2.72. The Morgan fingerprint density at radius 3 is 2.94 bits per heavy atom. The van der Waals surface area contributed by atoms with E-state index >= 15 is 0 Å². The van der Waals surface area contributed by atoms with Gasteiger partial charge < -0.3 is 10.1 Å². The van der Waals surface area contributed by atoms with Gasteiger partial charge in [-0.15, -0.1) is 11.3 Å². The third-order valence-corrected chi connectivity index (χ3v) is 4.70. The number of hydrogen-bond donors (Lipinski definition) is 1. The Bertz CT molecular complexity index is 312. The second kappa shape index (κ2) is 6.53. The minimum Gasteiger partial charge on any atom is -0.380 e. The third-order valence-electron chi connectivity index (χ3n) is 3.72. The molecule has 3 unspecified atom stereocenters. The lowest BCUT2D eigenvalue weighted by atomic mass is 9.91.